The van der Waals surface area contributed by atoms with Crippen molar-refractivity contribution in [1.82, 2.24) is 0 Å². The molecule has 0 saturated heterocycles. The van der Waals surface area contributed by atoms with Gasteiger partial charge in [0.15, 0.2) is 0 Å². The van der Waals surface area contributed by atoms with Gasteiger partial charge < -0.3 is 9.47 Å². The molecule has 32 heavy (non-hydrogen) atoms. The lowest BCUT2D eigenvalue weighted by Gasteiger charge is -2.28. The maximum atomic E-state index is 5.84. The van der Waals surface area contributed by atoms with Crippen LogP contribution in [-0.2, 0) is 12.8 Å². The smallest absolute Gasteiger partial charge is 0.131 e. The Kier molecular flexibility index (Phi) is 5.55. The predicted molar refractivity (Wildman–Crippen MR) is 134 cm³/mol. The summed E-state index contributed by atoms with van der Waals surface area (Å²) in [6.45, 7) is 4.40. The van der Waals surface area contributed by atoms with Gasteiger partial charge in [-0.2, -0.15) is 0 Å². The molecule has 1 unspecified atom stereocenters. The van der Waals surface area contributed by atoms with E-state index in [0.29, 0.717) is 5.92 Å². The quantitative estimate of drug-likeness (QED) is 0.306. The van der Waals surface area contributed by atoms with Gasteiger partial charge in [-0.3, -0.25) is 0 Å². The van der Waals surface area contributed by atoms with Crippen molar-refractivity contribution >= 4 is 21.5 Å². The van der Waals surface area contributed by atoms with Gasteiger partial charge in [0.1, 0.15) is 11.5 Å². The number of methoxy groups -OCH3 is 2. The maximum absolute atomic E-state index is 5.84. The third-order valence-electron chi connectivity index (χ3n) is 7.15. The van der Waals surface area contributed by atoms with Gasteiger partial charge >= 0.3 is 0 Å². The van der Waals surface area contributed by atoms with Crippen molar-refractivity contribution in [2.45, 2.75) is 51.9 Å². The van der Waals surface area contributed by atoms with Crippen LogP contribution in [0.15, 0.2) is 54.6 Å². The largest absolute Gasteiger partial charge is 0.496 e. The third-order valence-corrected chi connectivity index (χ3v) is 7.15. The van der Waals surface area contributed by atoms with Crippen LogP contribution < -0.4 is 9.47 Å². The van der Waals surface area contributed by atoms with Gasteiger partial charge in [0.05, 0.1) is 19.6 Å². The van der Waals surface area contributed by atoms with Crippen molar-refractivity contribution in [3.63, 3.8) is 0 Å². The minimum atomic E-state index is 0.621. The van der Waals surface area contributed by atoms with Crippen LogP contribution in [0.4, 0.5) is 0 Å². The normalized spacial score (nSPS) is 15.7. The van der Waals surface area contributed by atoms with E-state index in [1.54, 1.807) is 14.2 Å². The Morgan fingerprint density at radius 1 is 0.812 bits per heavy atom. The Morgan fingerprint density at radius 2 is 1.59 bits per heavy atom. The van der Waals surface area contributed by atoms with E-state index >= 15 is 0 Å². The SMILES string of the molecule is COc1cccc2c1c(OC)cc1c3c(ccc12)C(CCc1cc(C)cc(C)c1)CCC3. The zero-order chi connectivity index (χ0) is 22.2. The standard InChI is InChI=1S/C30H32O2/c1-19-15-20(2)17-21(16-19)11-12-22-7-5-8-24-23(22)13-14-25-26-9-6-10-28(31-3)30(26)29(32-4)18-27(24)25/h6,9-10,13-18,22H,5,7-8,11-12H2,1-4H3. The summed E-state index contributed by atoms with van der Waals surface area (Å²) in [5.74, 6) is 2.39. The third kappa shape index (κ3) is 3.62. The molecule has 2 nitrogen and oxygen atoms in total. The molecular weight excluding hydrogens is 392 g/mol. The highest BCUT2D eigenvalue weighted by Gasteiger charge is 2.23. The molecule has 0 N–H and O–H groups in total. The molecule has 0 bridgehead atoms. The van der Waals surface area contributed by atoms with Gasteiger partial charge in [0.2, 0.25) is 0 Å². The second-order valence-electron chi connectivity index (χ2n) is 9.31. The summed E-state index contributed by atoms with van der Waals surface area (Å²) in [7, 11) is 3.49. The summed E-state index contributed by atoms with van der Waals surface area (Å²) in [6.07, 6.45) is 6.03. The Labute approximate surface area is 191 Å². The fraction of sp³-hybridized carbons (Fsp3) is 0.333. The van der Waals surface area contributed by atoms with Gasteiger partial charge in [0, 0.05) is 0 Å². The van der Waals surface area contributed by atoms with Gasteiger partial charge in [-0.05, 0) is 96.9 Å². The van der Waals surface area contributed by atoms with Crippen LogP contribution in [0.1, 0.15) is 53.0 Å². The van der Waals surface area contributed by atoms with E-state index in [1.807, 2.05) is 6.07 Å². The monoisotopic (exact) mass is 424 g/mol. The molecule has 2 heteroatoms. The van der Waals surface area contributed by atoms with Crippen molar-refractivity contribution in [2.75, 3.05) is 14.2 Å². The van der Waals surface area contributed by atoms with E-state index in [0.717, 1.165) is 29.7 Å². The van der Waals surface area contributed by atoms with E-state index in [-0.39, 0.29) is 0 Å². The van der Waals surface area contributed by atoms with Crippen LogP contribution in [0.5, 0.6) is 11.5 Å². The van der Waals surface area contributed by atoms with Crippen LogP contribution in [0, 0.1) is 13.8 Å². The number of rotatable bonds is 5. The summed E-state index contributed by atoms with van der Waals surface area (Å²) < 4.78 is 11.5. The van der Waals surface area contributed by atoms with E-state index in [9.17, 15) is 0 Å². The molecule has 0 heterocycles. The summed E-state index contributed by atoms with van der Waals surface area (Å²) in [6, 6.07) is 20.2. The fourth-order valence-corrected chi connectivity index (χ4v) is 5.82. The Morgan fingerprint density at radius 3 is 2.34 bits per heavy atom. The molecule has 1 atom stereocenters. The Hall–Kier alpha value is -3.00. The first-order valence-electron chi connectivity index (χ1n) is 11.8. The molecule has 0 aliphatic heterocycles. The first-order valence-corrected chi connectivity index (χ1v) is 11.8. The van der Waals surface area contributed by atoms with E-state index in [4.69, 9.17) is 9.47 Å². The summed E-state index contributed by atoms with van der Waals surface area (Å²) in [5.41, 5.74) is 7.25. The molecule has 4 aromatic carbocycles. The van der Waals surface area contributed by atoms with E-state index in [2.05, 4.69) is 62.4 Å². The van der Waals surface area contributed by atoms with Gasteiger partial charge in [0.25, 0.3) is 0 Å². The molecule has 0 radical (unpaired) electrons. The maximum Gasteiger partial charge on any atom is 0.131 e. The van der Waals surface area contributed by atoms with Gasteiger partial charge in [-0.25, -0.2) is 0 Å². The van der Waals surface area contributed by atoms with Gasteiger partial charge in [-0.15, -0.1) is 0 Å². The van der Waals surface area contributed by atoms with Crippen LogP contribution in [0.25, 0.3) is 21.5 Å². The van der Waals surface area contributed by atoms with Crippen molar-refractivity contribution < 1.29 is 9.47 Å². The topological polar surface area (TPSA) is 18.5 Å². The highest BCUT2D eigenvalue weighted by molar-refractivity contribution is 6.13. The van der Waals surface area contributed by atoms with Crippen molar-refractivity contribution in [2.24, 2.45) is 0 Å². The molecule has 0 saturated carbocycles. The minimum absolute atomic E-state index is 0.621. The highest BCUT2D eigenvalue weighted by Crippen LogP contribution is 2.44. The second-order valence-corrected chi connectivity index (χ2v) is 9.31. The molecule has 0 spiro atoms. The average Bonchev–Trinajstić information content (AvgIpc) is 2.80. The number of aryl methyl sites for hydroxylation is 4. The summed E-state index contributed by atoms with van der Waals surface area (Å²) in [5, 5.41) is 4.91. The lowest BCUT2D eigenvalue weighted by Crippen LogP contribution is -2.11. The molecule has 0 aromatic heterocycles. The molecule has 1 aliphatic carbocycles. The van der Waals surface area contributed by atoms with Crippen LogP contribution in [0.2, 0.25) is 0 Å². The average molecular weight is 425 g/mol. The van der Waals surface area contributed by atoms with Crippen molar-refractivity contribution in [1.29, 1.82) is 0 Å². The highest BCUT2D eigenvalue weighted by atomic mass is 16.5. The molecule has 164 valence electrons. The number of benzene rings is 4. The molecule has 4 aromatic rings. The first kappa shape index (κ1) is 20.9. The summed E-state index contributed by atoms with van der Waals surface area (Å²) in [4.78, 5) is 0. The number of ether oxygens (including phenoxy) is 2. The van der Waals surface area contributed by atoms with E-state index < -0.39 is 0 Å². The Bertz CT molecular complexity index is 1280. The number of fused-ring (bicyclic) bond motifs is 5. The fourth-order valence-electron chi connectivity index (χ4n) is 5.82. The molecule has 0 amide bonds. The zero-order valence-electron chi connectivity index (χ0n) is 19.6. The van der Waals surface area contributed by atoms with Crippen LogP contribution >= 0.6 is 0 Å². The Balaban J connectivity index is 1.58. The minimum Gasteiger partial charge on any atom is -0.496 e. The lowest BCUT2D eigenvalue weighted by atomic mass is 9.77. The summed E-state index contributed by atoms with van der Waals surface area (Å²) >= 11 is 0. The predicted octanol–water partition coefficient (Wildman–Crippen LogP) is 7.68. The van der Waals surface area contributed by atoms with Crippen molar-refractivity contribution in [3.05, 3.63) is 82.4 Å². The molecular formula is C30H32O2. The molecule has 1 aliphatic rings. The van der Waals surface area contributed by atoms with Crippen molar-refractivity contribution in [3.8, 4) is 11.5 Å². The van der Waals surface area contributed by atoms with E-state index in [1.165, 1.54) is 63.2 Å². The molecule has 0 fully saturated rings. The first-order chi connectivity index (χ1) is 15.6. The van der Waals surface area contributed by atoms with Crippen LogP contribution in [0.3, 0.4) is 0 Å². The second kappa shape index (κ2) is 8.50. The van der Waals surface area contributed by atoms with Crippen LogP contribution in [-0.4, -0.2) is 14.2 Å². The number of hydrogen-bond donors (Lipinski definition) is 0. The number of hydrogen-bond acceptors (Lipinski definition) is 2. The lowest BCUT2D eigenvalue weighted by molar-refractivity contribution is 0.405. The molecule has 5 rings (SSSR count). The zero-order valence-corrected chi connectivity index (χ0v) is 19.6. The van der Waals surface area contributed by atoms with Gasteiger partial charge in [-0.1, -0.05) is 53.6 Å².